The average molecular weight is 127 g/mol. The summed E-state index contributed by atoms with van der Waals surface area (Å²) in [4.78, 5) is 3.71. The molecule has 0 saturated heterocycles. The molecule has 0 fully saturated rings. The van der Waals surface area contributed by atoms with E-state index in [1.54, 1.807) is 7.05 Å². The maximum absolute atomic E-state index is 3.81. The van der Waals surface area contributed by atoms with Crippen molar-refractivity contribution in [3.63, 3.8) is 0 Å². The van der Waals surface area contributed by atoms with E-state index in [4.69, 9.17) is 0 Å². The minimum absolute atomic E-state index is 0.825. The SMILES string of the molecule is C=NCCCCN=NC. The lowest BCUT2D eigenvalue weighted by Crippen LogP contribution is -1.83. The van der Waals surface area contributed by atoms with Crippen LogP contribution in [0.5, 0.6) is 0 Å². The zero-order valence-electron chi connectivity index (χ0n) is 5.88. The molecule has 0 atom stereocenters. The molecule has 0 unspecified atom stereocenters. The third kappa shape index (κ3) is 7.27. The third-order valence-corrected chi connectivity index (χ3v) is 0.966. The quantitative estimate of drug-likeness (QED) is 0.305. The number of nitrogens with zero attached hydrogens (tertiary/aromatic N) is 3. The van der Waals surface area contributed by atoms with Crippen molar-refractivity contribution >= 4 is 6.72 Å². The fraction of sp³-hybridized carbons (Fsp3) is 0.833. The molecule has 0 aromatic rings. The molecule has 0 heterocycles. The van der Waals surface area contributed by atoms with Gasteiger partial charge >= 0.3 is 0 Å². The second-order valence-corrected chi connectivity index (χ2v) is 1.72. The van der Waals surface area contributed by atoms with Gasteiger partial charge in [0.15, 0.2) is 0 Å². The van der Waals surface area contributed by atoms with Crippen LogP contribution in [0.1, 0.15) is 12.8 Å². The highest BCUT2D eigenvalue weighted by molar-refractivity contribution is 5.22. The Bertz CT molecular complexity index is 88.3. The Balaban J connectivity index is 2.82. The number of rotatable bonds is 5. The van der Waals surface area contributed by atoms with Gasteiger partial charge < -0.3 is 4.99 Å². The van der Waals surface area contributed by atoms with Gasteiger partial charge in [-0.3, -0.25) is 0 Å². The minimum Gasteiger partial charge on any atom is -0.301 e. The third-order valence-electron chi connectivity index (χ3n) is 0.966. The lowest BCUT2D eigenvalue weighted by molar-refractivity contribution is 0.736. The van der Waals surface area contributed by atoms with Crippen LogP contribution in [0.25, 0.3) is 0 Å². The van der Waals surface area contributed by atoms with Crippen LogP contribution in [0, 0.1) is 0 Å². The highest BCUT2D eigenvalue weighted by Crippen LogP contribution is 1.89. The largest absolute Gasteiger partial charge is 0.301 e. The van der Waals surface area contributed by atoms with Crippen molar-refractivity contribution in [1.82, 2.24) is 0 Å². The van der Waals surface area contributed by atoms with E-state index in [9.17, 15) is 0 Å². The smallest absolute Gasteiger partial charge is 0.0599 e. The van der Waals surface area contributed by atoms with Crippen LogP contribution < -0.4 is 0 Å². The van der Waals surface area contributed by atoms with E-state index in [0.717, 1.165) is 25.9 Å². The van der Waals surface area contributed by atoms with Crippen molar-refractivity contribution in [2.24, 2.45) is 15.2 Å². The number of azo groups is 1. The van der Waals surface area contributed by atoms with E-state index in [-0.39, 0.29) is 0 Å². The van der Waals surface area contributed by atoms with E-state index in [1.165, 1.54) is 0 Å². The molecule has 0 aromatic carbocycles. The van der Waals surface area contributed by atoms with Crippen molar-refractivity contribution in [3.8, 4) is 0 Å². The summed E-state index contributed by atoms with van der Waals surface area (Å²) in [5, 5.41) is 7.42. The van der Waals surface area contributed by atoms with Gasteiger partial charge in [-0.2, -0.15) is 10.2 Å². The highest BCUT2D eigenvalue weighted by Gasteiger charge is 1.82. The summed E-state index contributed by atoms with van der Waals surface area (Å²) < 4.78 is 0. The zero-order chi connectivity index (χ0) is 6.95. The summed E-state index contributed by atoms with van der Waals surface area (Å²) in [6, 6.07) is 0. The van der Waals surface area contributed by atoms with Gasteiger partial charge in [0.05, 0.1) is 6.54 Å². The van der Waals surface area contributed by atoms with Crippen molar-refractivity contribution in [2.75, 3.05) is 20.1 Å². The molecule has 0 aromatic heterocycles. The van der Waals surface area contributed by atoms with Crippen molar-refractivity contribution in [3.05, 3.63) is 0 Å². The van der Waals surface area contributed by atoms with E-state index in [0.29, 0.717) is 0 Å². The fourth-order valence-corrected chi connectivity index (χ4v) is 0.506. The van der Waals surface area contributed by atoms with E-state index in [1.807, 2.05) is 0 Å². The minimum atomic E-state index is 0.825. The van der Waals surface area contributed by atoms with Gasteiger partial charge in [0.2, 0.25) is 0 Å². The second kappa shape index (κ2) is 7.27. The summed E-state index contributed by atoms with van der Waals surface area (Å²) in [5.41, 5.74) is 0. The number of hydrogen-bond acceptors (Lipinski definition) is 3. The molecule has 3 heteroatoms. The molecule has 0 N–H and O–H groups in total. The Hall–Kier alpha value is -0.730. The Kier molecular flexibility index (Phi) is 6.68. The van der Waals surface area contributed by atoms with Crippen molar-refractivity contribution < 1.29 is 0 Å². The van der Waals surface area contributed by atoms with Crippen LogP contribution in [-0.4, -0.2) is 26.9 Å². The van der Waals surface area contributed by atoms with Gasteiger partial charge in [-0.25, -0.2) is 0 Å². The number of unbranched alkanes of at least 4 members (excludes halogenated alkanes) is 1. The van der Waals surface area contributed by atoms with Gasteiger partial charge in [0.25, 0.3) is 0 Å². The van der Waals surface area contributed by atoms with Crippen molar-refractivity contribution in [2.45, 2.75) is 12.8 Å². The summed E-state index contributed by atoms with van der Waals surface area (Å²) in [7, 11) is 1.69. The molecule has 0 rings (SSSR count). The molecule has 0 amide bonds. The predicted molar refractivity (Wildman–Crippen MR) is 39.3 cm³/mol. The van der Waals surface area contributed by atoms with Crippen LogP contribution in [0.15, 0.2) is 15.2 Å². The summed E-state index contributed by atoms with van der Waals surface area (Å²) >= 11 is 0. The summed E-state index contributed by atoms with van der Waals surface area (Å²) in [5.74, 6) is 0. The molecule has 0 aliphatic carbocycles. The van der Waals surface area contributed by atoms with Gasteiger partial charge in [-0.05, 0) is 19.6 Å². The Morgan fingerprint density at radius 1 is 1.22 bits per heavy atom. The Labute approximate surface area is 55.9 Å². The number of hydrogen-bond donors (Lipinski definition) is 0. The molecule has 3 nitrogen and oxygen atoms in total. The van der Waals surface area contributed by atoms with Gasteiger partial charge in [-0.1, -0.05) is 0 Å². The molecular formula is C6H13N3. The maximum atomic E-state index is 3.81. The highest BCUT2D eigenvalue weighted by atomic mass is 15.1. The van der Waals surface area contributed by atoms with Crippen LogP contribution in [0.4, 0.5) is 0 Å². The first kappa shape index (κ1) is 8.27. The topological polar surface area (TPSA) is 37.1 Å². The van der Waals surface area contributed by atoms with Crippen molar-refractivity contribution in [1.29, 1.82) is 0 Å². The fourth-order valence-electron chi connectivity index (χ4n) is 0.506. The Morgan fingerprint density at radius 3 is 2.44 bits per heavy atom. The lowest BCUT2D eigenvalue weighted by atomic mass is 10.3. The van der Waals surface area contributed by atoms with Gasteiger partial charge in [0.1, 0.15) is 0 Å². The lowest BCUT2D eigenvalue weighted by Gasteiger charge is -1.89. The van der Waals surface area contributed by atoms with Gasteiger partial charge in [0, 0.05) is 13.6 Å². The molecule has 0 radical (unpaired) electrons. The molecule has 0 saturated carbocycles. The number of aliphatic imine (C=N–C) groups is 1. The van der Waals surface area contributed by atoms with E-state index in [2.05, 4.69) is 21.9 Å². The van der Waals surface area contributed by atoms with Crippen LogP contribution in [0.2, 0.25) is 0 Å². The van der Waals surface area contributed by atoms with Crippen LogP contribution in [-0.2, 0) is 0 Å². The summed E-state index contributed by atoms with van der Waals surface area (Å²) in [6.07, 6.45) is 2.14. The molecule has 9 heavy (non-hydrogen) atoms. The molecule has 0 bridgehead atoms. The second-order valence-electron chi connectivity index (χ2n) is 1.72. The normalized spacial score (nSPS) is 10.3. The van der Waals surface area contributed by atoms with E-state index >= 15 is 0 Å². The van der Waals surface area contributed by atoms with E-state index < -0.39 is 0 Å². The first-order chi connectivity index (χ1) is 4.41. The van der Waals surface area contributed by atoms with Crippen LogP contribution in [0.3, 0.4) is 0 Å². The first-order valence-electron chi connectivity index (χ1n) is 3.10. The monoisotopic (exact) mass is 127 g/mol. The molecule has 0 aliphatic heterocycles. The average Bonchev–Trinajstić information content (AvgIpc) is 1.89. The van der Waals surface area contributed by atoms with Gasteiger partial charge in [-0.15, -0.1) is 0 Å². The predicted octanol–water partition coefficient (Wildman–Crippen LogP) is 1.55. The molecule has 0 aliphatic rings. The summed E-state index contributed by atoms with van der Waals surface area (Å²) in [6.45, 7) is 5.05. The molecule has 0 spiro atoms. The molecule has 52 valence electrons. The maximum Gasteiger partial charge on any atom is 0.0599 e. The standard InChI is InChI=1S/C6H13N3/c1-7-5-3-4-6-9-8-2/h1,3-6H2,2H3. The Morgan fingerprint density at radius 2 is 1.89 bits per heavy atom. The van der Waals surface area contributed by atoms with Crippen LogP contribution >= 0.6 is 0 Å². The first-order valence-corrected chi connectivity index (χ1v) is 3.10. The zero-order valence-corrected chi connectivity index (χ0v) is 5.88. The molecular weight excluding hydrogens is 114 g/mol.